The van der Waals surface area contributed by atoms with Crippen LogP contribution in [0.5, 0.6) is 0 Å². The van der Waals surface area contributed by atoms with Gasteiger partial charge in [-0.3, -0.25) is 4.79 Å². The van der Waals surface area contributed by atoms with E-state index in [0.717, 1.165) is 5.56 Å². The van der Waals surface area contributed by atoms with Crippen LogP contribution in [0.2, 0.25) is 0 Å². The molecule has 0 atom stereocenters. The molecule has 1 aliphatic heterocycles. The van der Waals surface area contributed by atoms with Crippen LogP contribution < -0.4 is 0 Å². The van der Waals surface area contributed by atoms with Gasteiger partial charge in [-0.05, 0) is 41.8 Å². The predicted molar refractivity (Wildman–Crippen MR) is 96.7 cm³/mol. The van der Waals surface area contributed by atoms with Crippen LogP contribution in [0.4, 0.5) is 0 Å². The fourth-order valence-corrected chi connectivity index (χ4v) is 3.25. The third-order valence-electron chi connectivity index (χ3n) is 3.30. The Balaban J connectivity index is 2.05. The zero-order valence-electron chi connectivity index (χ0n) is 13.6. The molecule has 2 rings (SSSR count). The number of amides is 1. The molecule has 0 saturated carbocycles. The van der Waals surface area contributed by atoms with Gasteiger partial charge in [-0.15, -0.1) is 11.8 Å². The number of carbonyl (C=O) groups excluding carboxylic acids is 1. The summed E-state index contributed by atoms with van der Waals surface area (Å²) in [6, 6.07) is 8.08. The molecule has 0 bridgehead atoms. The lowest BCUT2D eigenvalue weighted by Crippen LogP contribution is -2.34. The van der Waals surface area contributed by atoms with E-state index in [1.165, 1.54) is 16.7 Å². The van der Waals surface area contributed by atoms with Crippen molar-refractivity contribution >= 4 is 40.7 Å². The number of hydrogen-bond acceptors (Lipinski definition) is 6. The van der Waals surface area contributed by atoms with E-state index < -0.39 is 0 Å². The summed E-state index contributed by atoms with van der Waals surface area (Å²) in [5, 5.41) is 0.654. The highest BCUT2D eigenvalue weighted by Gasteiger charge is 2.25. The van der Waals surface area contributed by atoms with E-state index in [-0.39, 0.29) is 12.2 Å². The van der Waals surface area contributed by atoms with Gasteiger partial charge in [-0.25, -0.2) is 0 Å². The molecule has 1 aromatic carbocycles. The lowest BCUT2D eigenvalue weighted by molar-refractivity contribution is -0.113. The van der Waals surface area contributed by atoms with Crippen molar-refractivity contribution in [2.45, 2.75) is 11.2 Å². The Morgan fingerprint density at radius 1 is 1.30 bits per heavy atom. The van der Waals surface area contributed by atoms with Crippen molar-refractivity contribution in [3.05, 3.63) is 34.7 Å². The van der Waals surface area contributed by atoms with Gasteiger partial charge in [0.25, 0.3) is 5.91 Å². The van der Waals surface area contributed by atoms with Crippen LogP contribution in [0, 0.1) is 0 Å². The van der Waals surface area contributed by atoms with Crippen LogP contribution in [0.1, 0.15) is 5.56 Å². The van der Waals surface area contributed by atoms with Gasteiger partial charge in [0.2, 0.25) is 0 Å². The van der Waals surface area contributed by atoms with Crippen molar-refractivity contribution in [3.8, 4) is 0 Å². The first-order chi connectivity index (χ1) is 11.1. The molecular formula is C16H20N2O3S2. The zero-order valence-corrected chi connectivity index (χ0v) is 15.2. The number of likely N-dealkylation sites (N-methyl/N-ethyl adjacent to an activating group) is 1. The number of nitrogens with zero attached hydrogens (tertiary/aromatic N) is 2. The molecule has 1 aromatic rings. The van der Waals surface area contributed by atoms with Crippen molar-refractivity contribution < 1.29 is 14.3 Å². The molecule has 1 heterocycles. The first-order valence-electron chi connectivity index (χ1n) is 7.00. The lowest BCUT2D eigenvalue weighted by atomic mass is 10.2. The molecule has 0 unspecified atom stereocenters. The van der Waals surface area contributed by atoms with Crippen molar-refractivity contribution in [3.63, 3.8) is 0 Å². The van der Waals surface area contributed by atoms with Crippen molar-refractivity contribution in [2.75, 3.05) is 34.1 Å². The summed E-state index contributed by atoms with van der Waals surface area (Å²) in [7, 11) is 5.03. The number of methoxy groups -OCH3 is 2. The second-order valence-electron chi connectivity index (χ2n) is 4.86. The summed E-state index contributed by atoms with van der Waals surface area (Å²) in [6.45, 7) is 0.502. The summed E-state index contributed by atoms with van der Waals surface area (Å²) >= 11 is 3.05. The van der Waals surface area contributed by atoms with Crippen molar-refractivity contribution in [1.29, 1.82) is 0 Å². The van der Waals surface area contributed by atoms with Crippen LogP contribution in [0.3, 0.4) is 0 Å². The van der Waals surface area contributed by atoms with Gasteiger partial charge < -0.3 is 14.4 Å². The van der Waals surface area contributed by atoms with Gasteiger partial charge in [0.05, 0.1) is 11.4 Å². The smallest absolute Gasteiger partial charge is 0.286 e. The molecular weight excluding hydrogens is 332 g/mol. The second kappa shape index (κ2) is 8.54. The number of carbonyl (C=O) groups is 1. The standard InChI is InChI=1S/C16H20N2O3S2/c1-18(10-14(20-2)21-3)16-17-15(19)13(23-16)9-11-5-7-12(22-4)8-6-11/h5-9,14H,10H2,1-4H3. The summed E-state index contributed by atoms with van der Waals surface area (Å²) < 4.78 is 10.3. The molecule has 0 saturated heterocycles. The lowest BCUT2D eigenvalue weighted by Gasteiger charge is -2.22. The largest absolute Gasteiger partial charge is 0.354 e. The Labute approximate surface area is 145 Å². The molecule has 0 aromatic heterocycles. The highest BCUT2D eigenvalue weighted by atomic mass is 32.2. The monoisotopic (exact) mass is 352 g/mol. The average Bonchev–Trinajstić information content (AvgIpc) is 2.94. The summed E-state index contributed by atoms with van der Waals surface area (Å²) in [6.07, 6.45) is 3.55. The van der Waals surface area contributed by atoms with E-state index >= 15 is 0 Å². The molecule has 1 amide bonds. The van der Waals surface area contributed by atoms with Gasteiger partial charge in [-0.2, -0.15) is 4.99 Å². The van der Waals surface area contributed by atoms with Gasteiger partial charge in [0.1, 0.15) is 0 Å². The van der Waals surface area contributed by atoms with E-state index in [1.807, 2.05) is 48.5 Å². The number of ether oxygens (including phenoxy) is 2. The summed E-state index contributed by atoms with van der Waals surface area (Å²) in [5.41, 5.74) is 0.990. The van der Waals surface area contributed by atoms with E-state index in [0.29, 0.717) is 16.6 Å². The molecule has 0 N–H and O–H groups in total. The number of amidine groups is 1. The van der Waals surface area contributed by atoms with Gasteiger partial charge in [0, 0.05) is 26.2 Å². The summed E-state index contributed by atoms with van der Waals surface area (Å²) in [5.74, 6) is -0.211. The fraction of sp³-hybridized carbons (Fsp3) is 0.375. The molecule has 1 aliphatic rings. The number of aliphatic imine (C=N–C) groups is 1. The minimum absolute atomic E-state index is 0.211. The van der Waals surface area contributed by atoms with Gasteiger partial charge in [-0.1, -0.05) is 12.1 Å². The third kappa shape index (κ3) is 4.84. The predicted octanol–water partition coefficient (Wildman–Crippen LogP) is 2.93. The topological polar surface area (TPSA) is 51.1 Å². The number of rotatable bonds is 6. The first kappa shape index (κ1) is 18.1. The Morgan fingerprint density at radius 2 is 1.96 bits per heavy atom. The summed E-state index contributed by atoms with van der Waals surface area (Å²) in [4.78, 5) is 19.8. The number of benzene rings is 1. The van der Waals surface area contributed by atoms with E-state index in [9.17, 15) is 4.79 Å². The van der Waals surface area contributed by atoms with Crippen molar-refractivity contribution in [2.24, 2.45) is 4.99 Å². The first-order valence-corrected chi connectivity index (χ1v) is 9.05. The maximum absolute atomic E-state index is 12.1. The molecule has 7 heteroatoms. The Morgan fingerprint density at radius 3 is 2.52 bits per heavy atom. The Kier molecular flexibility index (Phi) is 6.71. The van der Waals surface area contributed by atoms with E-state index in [2.05, 4.69) is 4.99 Å². The van der Waals surface area contributed by atoms with Crippen LogP contribution in [-0.2, 0) is 14.3 Å². The molecule has 0 aliphatic carbocycles. The molecule has 124 valence electrons. The van der Waals surface area contributed by atoms with Crippen LogP contribution in [0.25, 0.3) is 6.08 Å². The molecule has 0 fully saturated rings. The normalized spacial score (nSPS) is 16.3. The molecule has 0 spiro atoms. The van der Waals surface area contributed by atoms with Gasteiger partial charge in [0.15, 0.2) is 11.5 Å². The Hall–Kier alpha value is -1.28. The molecule has 0 radical (unpaired) electrons. The number of hydrogen-bond donors (Lipinski definition) is 0. The van der Waals surface area contributed by atoms with E-state index in [4.69, 9.17) is 9.47 Å². The van der Waals surface area contributed by atoms with E-state index in [1.54, 1.807) is 26.0 Å². The number of thioether (sulfide) groups is 2. The minimum atomic E-state index is -0.356. The minimum Gasteiger partial charge on any atom is -0.354 e. The highest BCUT2D eigenvalue weighted by Crippen LogP contribution is 2.30. The second-order valence-corrected chi connectivity index (χ2v) is 6.75. The maximum Gasteiger partial charge on any atom is 0.286 e. The quantitative estimate of drug-likeness (QED) is 0.446. The SMILES string of the molecule is COC(CN(C)C1=NC(=O)C(=Cc2ccc(SC)cc2)S1)OC. The highest BCUT2D eigenvalue weighted by molar-refractivity contribution is 8.18. The average molecular weight is 352 g/mol. The van der Waals surface area contributed by atoms with Gasteiger partial charge >= 0.3 is 0 Å². The Bertz CT molecular complexity index is 610. The van der Waals surface area contributed by atoms with Crippen LogP contribution in [0.15, 0.2) is 39.1 Å². The third-order valence-corrected chi connectivity index (χ3v) is 5.14. The fourth-order valence-electron chi connectivity index (χ4n) is 1.96. The zero-order chi connectivity index (χ0) is 16.8. The van der Waals surface area contributed by atoms with Crippen LogP contribution in [-0.4, -0.2) is 56.3 Å². The molecule has 5 nitrogen and oxygen atoms in total. The van der Waals surface area contributed by atoms with Crippen LogP contribution >= 0.6 is 23.5 Å². The maximum atomic E-state index is 12.1. The van der Waals surface area contributed by atoms with Crippen molar-refractivity contribution in [1.82, 2.24) is 4.90 Å². The molecule has 23 heavy (non-hydrogen) atoms.